The standard InChI is InChI=1S/C11H11N3O/c1-15-8-4-2-7-3-5-9(11(12)13)14-10(7)6-8/h2-6H,1H3,(H3,12,13). The third-order valence-electron chi connectivity index (χ3n) is 2.18. The molecule has 4 heteroatoms. The van der Waals surface area contributed by atoms with E-state index in [0.29, 0.717) is 5.69 Å². The predicted octanol–water partition coefficient (Wildman–Crippen LogP) is 1.53. The van der Waals surface area contributed by atoms with E-state index in [1.165, 1.54) is 0 Å². The van der Waals surface area contributed by atoms with Gasteiger partial charge in [0.05, 0.1) is 12.6 Å². The minimum atomic E-state index is -0.0280. The lowest BCUT2D eigenvalue weighted by molar-refractivity contribution is 0.415. The maximum atomic E-state index is 7.29. The van der Waals surface area contributed by atoms with Gasteiger partial charge >= 0.3 is 0 Å². The molecule has 0 radical (unpaired) electrons. The zero-order valence-electron chi connectivity index (χ0n) is 8.32. The van der Waals surface area contributed by atoms with E-state index < -0.39 is 0 Å². The summed E-state index contributed by atoms with van der Waals surface area (Å²) >= 11 is 0. The first-order valence-electron chi connectivity index (χ1n) is 4.50. The van der Waals surface area contributed by atoms with Crippen molar-refractivity contribution in [3.8, 4) is 5.75 Å². The van der Waals surface area contributed by atoms with Gasteiger partial charge in [-0.15, -0.1) is 0 Å². The second kappa shape index (κ2) is 3.57. The number of amidine groups is 1. The van der Waals surface area contributed by atoms with Crippen molar-refractivity contribution in [3.05, 3.63) is 36.0 Å². The van der Waals surface area contributed by atoms with Gasteiger partial charge in [0.2, 0.25) is 0 Å². The molecule has 0 unspecified atom stereocenters. The molecule has 1 aromatic heterocycles. The second-order valence-corrected chi connectivity index (χ2v) is 3.17. The normalized spacial score (nSPS) is 10.2. The first kappa shape index (κ1) is 9.45. The van der Waals surface area contributed by atoms with E-state index in [1.807, 2.05) is 24.3 Å². The summed E-state index contributed by atoms with van der Waals surface area (Å²) in [6.45, 7) is 0. The molecule has 15 heavy (non-hydrogen) atoms. The first-order valence-corrected chi connectivity index (χ1v) is 4.50. The van der Waals surface area contributed by atoms with Crippen molar-refractivity contribution in [1.29, 1.82) is 5.41 Å². The number of nitrogens with zero attached hydrogens (tertiary/aromatic N) is 1. The summed E-state index contributed by atoms with van der Waals surface area (Å²) in [6, 6.07) is 9.24. The van der Waals surface area contributed by atoms with Gasteiger partial charge in [0.1, 0.15) is 17.3 Å². The minimum Gasteiger partial charge on any atom is -0.497 e. The van der Waals surface area contributed by atoms with Gasteiger partial charge in [-0.1, -0.05) is 6.07 Å². The third-order valence-corrected chi connectivity index (χ3v) is 2.18. The summed E-state index contributed by atoms with van der Waals surface area (Å²) in [5.74, 6) is 0.718. The van der Waals surface area contributed by atoms with Crippen LogP contribution >= 0.6 is 0 Å². The molecule has 1 aromatic carbocycles. The molecule has 1 heterocycles. The molecule has 0 fully saturated rings. The lowest BCUT2D eigenvalue weighted by Crippen LogP contribution is -2.12. The highest BCUT2D eigenvalue weighted by Gasteiger charge is 2.01. The molecule has 0 amide bonds. The molecular weight excluding hydrogens is 190 g/mol. The summed E-state index contributed by atoms with van der Waals surface area (Å²) in [5, 5.41) is 8.29. The zero-order chi connectivity index (χ0) is 10.8. The largest absolute Gasteiger partial charge is 0.497 e. The molecule has 4 nitrogen and oxygen atoms in total. The Labute approximate surface area is 87.2 Å². The number of methoxy groups -OCH3 is 1. The van der Waals surface area contributed by atoms with Crippen molar-refractivity contribution < 1.29 is 4.74 Å². The number of aromatic nitrogens is 1. The fraction of sp³-hybridized carbons (Fsp3) is 0.0909. The molecule has 2 aromatic rings. The fourth-order valence-electron chi connectivity index (χ4n) is 1.37. The topological polar surface area (TPSA) is 72.0 Å². The molecule has 2 rings (SSSR count). The predicted molar refractivity (Wildman–Crippen MR) is 59.3 cm³/mol. The Hall–Kier alpha value is -2.10. The SMILES string of the molecule is COc1ccc2ccc(C(=N)N)nc2c1. The molecule has 3 N–H and O–H groups in total. The molecule has 0 aliphatic carbocycles. The number of nitrogens with two attached hydrogens (primary N) is 1. The van der Waals surface area contributed by atoms with Crippen LogP contribution in [0.25, 0.3) is 10.9 Å². The van der Waals surface area contributed by atoms with Gasteiger partial charge in [-0.05, 0) is 18.2 Å². The number of fused-ring (bicyclic) bond motifs is 1. The van der Waals surface area contributed by atoms with Crippen molar-refractivity contribution in [3.63, 3.8) is 0 Å². The first-order chi connectivity index (χ1) is 7.20. The van der Waals surface area contributed by atoms with Crippen LogP contribution in [-0.2, 0) is 0 Å². The van der Waals surface area contributed by atoms with Gasteiger partial charge in [-0.25, -0.2) is 4.98 Å². The molecule has 0 bridgehead atoms. The lowest BCUT2D eigenvalue weighted by atomic mass is 10.2. The van der Waals surface area contributed by atoms with Gasteiger partial charge in [0, 0.05) is 11.5 Å². The minimum absolute atomic E-state index is 0.0280. The number of ether oxygens (including phenoxy) is 1. The highest BCUT2D eigenvalue weighted by molar-refractivity contribution is 5.95. The van der Waals surface area contributed by atoms with Gasteiger partial charge in [-0.2, -0.15) is 0 Å². The van der Waals surface area contributed by atoms with Crippen LogP contribution in [-0.4, -0.2) is 17.9 Å². The fourth-order valence-corrected chi connectivity index (χ4v) is 1.37. The van der Waals surface area contributed by atoms with E-state index in [0.717, 1.165) is 16.7 Å². The van der Waals surface area contributed by atoms with Crippen molar-refractivity contribution >= 4 is 16.7 Å². The van der Waals surface area contributed by atoms with Crippen LogP contribution in [0.3, 0.4) is 0 Å². The molecular formula is C11H11N3O. The Morgan fingerprint density at radius 2 is 2.07 bits per heavy atom. The smallest absolute Gasteiger partial charge is 0.141 e. The van der Waals surface area contributed by atoms with Crippen LogP contribution in [0.2, 0.25) is 0 Å². The molecule has 76 valence electrons. The Morgan fingerprint density at radius 1 is 1.33 bits per heavy atom. The summed E-state index contributed by atoms with van der Waals surface area (Å²) in [6.07, 6.45) is 0. The molecule has 0 saturated carbocycles. The second-order valence-electron chi connectivity index (χ2n) is 3.17. The van der Waals surface area contributed by atoms with Gasteiger partial charge in [0.15, 0.2) is 0 Å². The summed E-state index contributed by atoms with van der Waals surface area (Å²) in [7, 11) is 1.61. The monoisotopic (exact) mass is 201 g/mol. The van der Waals surface area contributed by atoms with Crippen molar-refractivity contribution in [2.45, 2.75) is 0 Å². The maximum absolute atomic E-state index is 7.29. The number of nitrogens with one attached hydrogen (secondary N) is 1. The third kappa shape index (κ3) is 1.74. The number of benzene rings is 1. The van der Waals surface area contributed by atoms with Crippen molar-refractivity contribution in [1.82, 2.24) is 4.98 Å². The van der Waals surface area contributed by atoms with Crippen LogP contribution in [0.5, 0.6) is 5.75 Å². The molecule has 0 saturated heterocycles. The zero-order valence-corrected chi connectivity index (χ0v) is 8.32. The average molecular weight is 201 g/mol. The summed E-state index contributed by atoms with van der Waals surface area (Å²) < 4.78 is 5.10. The van der Waals surface area contributed by atoms with Crippen molar-refractivity contribution in [2.75, 3.05) is 7.11 Å². The molecule has 0 aliphatic rings. The number of hydrogen-bond acceptors (Lipinski definition) is 3. The van der Waals surface area contributed by atoms with Crippen LogP contribution in [0.15, 0.2) is 30.3 Å². The Morgan fingerprint density at radius 3 is 2.73 bits per heavy atom. The van der Waals surface area contributed by atoms with Crippen LogP contribution in [0, 0.1) is 5.41 Å². The van der Waals surface area contributed by atoms with Gasteiger partial charge in [0.25, 0.3) is 0 Å². The Kier molecular flexibility index (Phi) is 2.25. The number of hydrogen-bond donors (Lipinski definition) is 2. The number of pyridine rings is 1. The Balaban J connectivity index is 2.62. The molecule has 0 aliphatic heterocycles. The number of rotatable bonds is 2. The van der Waals surface area contributed by atoms with E-state index in [1.54, 1.807) is 13.2 Å². The molecule has 0 spiro atoms. The van der Waals surface area contributed by atoms with Crippen LogP contribution < -0.4 is 10.5 Å². The number of nitrogen functional groups attached to an aromatic ring is 1. The lowest BCUT2D eigenvalue weighted by Gasteiger charge is -2.03. The highest BCUT2D eigenvalue weighted by Crippen LogP contribution is 2.19. The average Bonchev–Trinajstić information content (AvgIpc) is 2.27. The van der Waals surface area contributed by atoms with Crippen LogP contribution in [0.1, 0.15) is 5.69 Å². The van der Waals surface area contributed by atoms with Crippen molar-refractivity contribution in [2.24, 2.45) is 5.73 Å². The maximum Gasteiger partial charge on any atom is 0.141 e. The van der Waals surface area contributed by atoms with E-state index in [-0.39, 0.29) is 5.84 Å². The van der Waals surface area contributed by atoms with E-state index in [4.69, 9.17) is 15.9 Å². The van der Waals surface area contributed by atoms with E-state index in [9.17, 15) is 0 Å². The van der Waals surface area contributed by atoms with E-state index >= 15 is 0 Å². The highest BCUT2D eigenvalue weighted by atomic mass is 16.5. The summed E-state index contributed by atoms with van der Waals surface area (Å²) in [4.78, 5) is 4.25. The summed E-state index contributed by atoms with van der Waals surface area (Å²) in [5.41, 5.74) is 6.63. The van der Waals surface area contributed by atoms with Gasteiger partial charge in [-0.3, -0.25) is 5.41 Å². The van der Waals surface area contributed by atoms with Gasteiger partial charge < -0.3 is 10.5 Å². The Bertz CT molecular complexity index is 522. The molecule has 0 atom stereocenters. The van der Waals surface area contributed by atoms with Crippen LogP contribution in [0.4, 0.5) is 0 Å². The quantitative estimate of drug-likeness (QED) is 0.571. The van der Waals surface area contributed by atoms with E-state index in [2.05, 4.69) is 4.98 Å².